The molecule has 0 spiro atoms. The molecule has 160 valence electrons. The highest BCUT2D eigenvalue weighted by Crippen LogP contribution is 2.38. The third-order valence-electron chi connectivity index (χ3n) is 5.65. The SMILES string of the molecule is Nc1cc(Cc2cnn(Cc3cccc(C4CCNCC4(F)F)c3)c2)c2n[nH]nc2n1. The first kappa shape index (κ1) is 19.6. The third kappa shape index (κ3) is 3.98. The molecule has 1 aromatic carbocycles. The number of nitrogens with one attached hydrogen (secondary N) is 2. The molecule has 1 aliphatic heterocycles. The second-order valence-electron chi connectivity index (χ2n) is 7.95. The first-order chi connectivity index (χ1) is 15.0. The van der Waals surface area contributed by atoms with Gasteiger partial charge >= 0.3 is 0 Å². The van der Waals surface area contributed by atoms with Gasteiger partial charge in [0.1, 0.15) is 11.3 Å². The number of halogens is 2. The number of anilines is 1. The summed E-state index contributed by atoms with van der Waals surface area (Å²) in [7, 11) is 0. The van der Waals surface area contributed by atoms with Crippen molar-refractivity contribution >= 4 is 17.0 Å². The molecule has 0 aliphatic carbocycles. The Balaban J connectivity index is 1.34. The number of pyridine rings is 1. The van der Waals surface area contributed by atoms with Crippen LogP contribution in [0.4, 0.5) is 14.6 Å². The number of hydrogen-bond acceptors (Lipinski definition) is 6. The highest BCUT2D eigenvalue weighted by molar-refractivity contribution is 5.76. The van der Waals surface area contributed by atoms with E-state index in [-0.39, 0.29) is 6.54 Å². The molecule has 1 unspecified atom stereocenters. The Kier molecular flexibility index (Phi) is 4.85. The Morgan fingerprint density at radius 3 is 2.97 bits per heavy atom. The fourth-order valence-corrected chi connectivity index (χ4v) is 4.20. The molecule has 0 radical (unpaired) electrons. The Morgan fingerprint density at radius 2 is 2.10 bits per heavy atom. The largest absolute Gasteiger partial charge is 0.384 e. The van der Waals surface area contributed by atoms with Gasteiger partial charge in [-0.05, 0) is 41.3 Å². The van der Waals surface area contributed by atoms with Crippen LogP contribution in [0.25, 0.3) is 11.2 Å². The lowest BCUT2D eigenvalue weighted by Crippen LogP contribution is -2.44. The fourth-order valence-electron chi connectivity index (χ4n) is 4.20. The van der Waals surface area contributed by atoms with Gasteiger partial charge in [0, 0.05) is 12.6 Å². The zero-order valence-corrected chi connectivity index (χ0v) is 16.7. The molecular weight excluding hydrogens is 402 g/mol. The Bertz CT molecular complexity index is 1220. The molecule has 1 fully saturated rings. The normalized spacial score (nSPS) is 18.5. The molecule has 5 rings (SSSR count). The summed E-state index contributed by atoms with van der Waals surface area (Å²) in [6.07, 6.45) is 4.73. The number of benzene rings is 1. The van der Waals surface area contributed by atoms with E-state index in [4.69, 9.17) is 5.73 Å². The first-order valence-corrected chi connectivity index (χ1v) is 10.1. The van der Waals surface area contributed by atoms with Crippen molar-refractivity contribution in [3.8, 4) is 0 Å². The second kappa shape index (κ2) is 7.69. The van der Waals surface area contributed by atoms with Crippen molar-refractivity contribution in [3.05, 3.63) is 65.0 Å². The van der Waals surface area contributed by atoms with Crippen molar-refractivity contribution in [2.75, 3.05) is 18.8 Å². The number of hydrogen-bond donors (Lipinski definition) is 3. The highest BCUT2D eigenvalue weighted by Gasteiger charge is 2.42. The minimum absolute atomic E-state index is 0.275. The van der Waals surface area contributed by atoms with E-state index in [2.05, 4.69) is 30.8 Å². The van der Waals surface area contributed by atoms with Crippen molar-refractivity contribution < 1.29 is 8.78 Å². The van der Waals surface area contributed by atoms with Crippen LogP contribution in [0.2, 0.25) is 0 Å². The average molecular weight is 424 g/mol. The number of aromatic nitrogens is 6. The van der Waals surface area contributed by atoms with Crippen molar-refractivity contribution in [1.29, 1.82) is 0 Å². The summed E-state index contributed by atoms with van der Waals surface area (Å²) >= 11 is 0. The molecule has 4 aromatic rings. The number of alkyl halides is 2. The van der Waals surface area contributed by atoms with Crippen molar-refractivity contribution in [1.82, 2.24) is 35.5 Å². The van der Waals surface area contributed by atoms with E-state index in [0.29, 0.717) is 48.5 Å². The molecule has 4 N–H and O–H groups in total. The standard InChI is InChI=1S/C21H22F2N8/c22-21(23)12-25-5-4-17(21)15-3-1-2-13(6-15)10-31-11-14(9-26-31)7-16-8-18(24)27-20-19(16)28-30-29-20/h1-3,6,8-9,11,17,25H,4-5,7,10,12H2,(H3,24,27,28,29,30). The summed E-state index contributed by atoms with van der Waals surface area (Å²) in [5.41, 5.74) is 10.5. The maximum Gasteiger partial charge on any atom is 0.267 e. The molecule has 4 heterocycles. The summed E-state index contributed by atoms with van der Waals surface area (Å²) < 4.78 is 30.5. The molecule has 1 saturated heterocycles. The van der Waals surface area contributed by atoms with Crippen LogP contribution >= 0.6 is 0 Å². The topological polar surface area (TPSA) is 110 Å². The van der Waals surface area contributed by atoms with Gasteiger partial charge in [-0.3, -0.25) is 4.68 Å². The Labute approximate surface area is 176 Å². The second-order valence-corrected chi connectivity index (χ2v) is 7.95. The monoisotopic (exact) mass is 424 g/mol. The molecule has 31 heavy (non-hydrogen) atoms. The van der Waals surface area contributed by atoms with E-state index in [1.807, 2.05) is 24.4 Å². The van der Waals surface area contributed by atoms with Crippen LogP contribution < -0.4 is 11.1 Å². The Morgan fingerprint density at radius 1 is 1.19 bits per heavy atom. The van der Waals surface area contributed by atoms with Gasteiger partial charge in [0.25, 0.3) is 5.92 Å². The summed E-state index contributed by atoms with van der Waals surface area (Å²) in [6.45, 7) is 0.830. The molecule has 3 aromatic heterocycles. The molecule has 0 saturated carbocycles. The molecule has 10 heteroatoms. The lowest BCUT2D eigenvalue weighted by molar-refractivity contribution is -0.0420. The van der Waals surface area contributed by atoms with Gasteiger partial charge in [-0.25, -0.2) is 13.8 Å². The zero-order chi connectivity index (χ0) is 21.4. The Hall–Kier alpha value is -3.40. The minimum Gasteiger partial charge on any atom is -0.384 e. The number of fused-ring (bicyclic) bond motifs is 1. The number of piperidine rings is 1. The van der Waals surface area contributed by atoms with Crippen LogP contribution in [0.3, 0.4) is 0 Å². The molecule has 8 nitrogen and oxygen atoms in total. The highest BCUT2D eigenvalue weighted by atomic mass is 19.3. The number of nitrogens with zero attached hydrogens (tertiary/aromatic N) is 5. The molecule has 1 aliphatic rings. The first-order valence-electron chi connectivity index (χ1n) is 10.1. The molecule has 1 atom stereocenters. The minimum atomic E-state index is -2.74. The van der Waals surface area contributed by atoms with Crippen molar-refractivity contribution in [2.24, 2.45) is 0 Å². The molecular formula is C21H22F2N8. The summed E-state index contributed by atoms with van der Waals surface area (Å²) in [6, 6.07) is 9.22. The van der Waals surface area contributed by atoms with Gasteiger partial charge in [0.15, 0.2) is 0 Å². The average Bonchev–Trinajstić information content (AvgIpc) is 3.37. The third-order valence-corrected chi connectivity index (χ3v) is 5.65. The van der Waals surface area contributed by atoms with E-state index < -0.39 is 11.8 Å². The van der Waals surface area contributed by atoms with Gasteiger partial charge in [-0.1, -0.05) is 24.3 Å². The number of rotatable bonds is 5. The van der Waals surface area contributed by atoms with Crippen LogP contribution in [-0.2, 0) is 13.0 Å². The van der Waals surface area contributed by atoms with Crippen LogP contribution in [0.5, 0.6) is 0 Å². The van der Waals surface area contributed by atoms with E-state index >= 15 is 0 Å². The summed E-state index contributed by atoms with van der Waals surface area (Å²) in [5, 5.41) is 17.9. The van der Waals surface area contributed by atoms with Crippen LogP contribution in [0.1, 0.15) is 34.6 Å². The number of H-pyrrole nitrogens is 1. The van der Waals surface area contributed by atoms with Crippen LogP contribution in [0.15, 0.2) is 42.7 Å². The summed E-state index contributed by atoms with van der Waals surface area (Å²) in [5.74, 6) is -3.12. The van der Waals surface area contributed by atoms with Gasteiger partial charge in [-0.2, -0.15) is 15.4 Å². The zero-order valence-electron chi connectivity index (χ0n) is 16.7. The number of nitrogens with two attached hydrogens (primary N) is 1. The quantitative estimate of drug-likeness (QED) is 0.454. The lowest BCUT2D eigenvalue weighted by atomic mass is 9.86. The predicted octanol–water partition coefficient (Wildman–Crippen LogP) is 2.48. The maximum absolute atomic E-state index is 14.3. The van der Waals surface area contributed by atoms with Gasteiger partial charge < -0.3 is 11.1 Å². The van der Waals surface area contributed by atoms with Crippen LogP contribution in [0, 0.1) is 0 Å². The van der Waals surface area contributed by atoms with Gasteiger partial charge in [-0.15, -0.1) is 5.10 Å². The lowest BCUT2D eigenvalue weighted by Gasteiger charge is -2.32. The predicted molar refractivity (Wildman–Crippen MR) is 112 cm³/mol. The van der Waals surface area contributed by atoms with E-state index in [9.17, 15) is 8.78 Å². The van der Waals surface area contributed by atoms with E-state index in [0.717, 1.165) is 16.7 Å². The van der Waals surface area contributed by atoms with Crippen LogP contribution in [-0.4, -0.2) is 49.2 Å². The fraction of sp³-hybridized carbons (Fsp3) is 0.333. The number of aromatic amines is 1. The van der Waals surface area contributed by atoms with E-state index in [1.165, 1.54) is 0 Å². The maximum atomic E-state index is 14.3. The van der Waals surface area contributed by atoms with E-state index in [1.54, 1.807) is 23.0 Å². The summed E-state index contributed by atoms with van der Waals surface area (Å²) in [4.78, 5) is 4.15. The smallest absolute Gasteiger partial charge is 0.267 e. The number of nitrogen functional groups attached to an aromatic ring is 1. The van der Waals surface area contributed by atoms with Crippen molar-refractivity contribution in [2.45, 2.75) is 31.2 Å². The molecule has 0 bridgehead atoms. The van der Waals surface area contributed by atoms with Gasteiger partial charge in [0.2, 0.25) is 5.65 Å². The molecule has 0 amide bonds. The van der Waals surface area contributed by atoms with Gasteiger partial charge in [0.05, 0.1) is 25.2 Å². The van der Waals surface area contributed by atoms with Crippen molar-refractivity contribution in [3.63, 3.8) is 0 Å².